The number of hydrogen-bond donors (Lipinski definition) is 2. The SMILES string of the molecule is Nc1ccc2c(NC3C=CS(=O)(=O)C3)ncnc2c1. The van der Waals surface area contributed by atoms with Crippen molar-refractivity contribution < 1.29 is 8.42 Å². The minimum absolute atomic E-state index is 0.0491. The third-order valence-electron chi connectivity index (χ3n) is 2.91. The molecule has 19 heavy (non-hydrogen) atoms. The van der Waals surface area contributed by atoms with E-state index in [0.717, 1.165) is 10.9 Å². The van der Waals surface area contributed by atoms with E-state index in [-0.39, 0.29) is 11.8 Å². The van der Waals surface area contributed by atoms with E-state index in [4.69, 9.17) is 5.73 Å². The van der Waals surface area contributed by atoms with Crippen molar-refractivity contribution in [2.24, 2.45) is 0 Å². The molecular weight excluding hydrogens is 264 g/mol. The Morgan fingerprint density at radius 3 is 2.89 bits per heavy atom. The summed E-state index contributed by atoms with van der Waals surface area (Å²) in [5.74, 6) is 0.657. The van der Waals surface area contributed by atoms with Crippen molar-refractivity contribution in [1.29, 1.82) is 0 Å². The van der Waals surface area contributed by atoms with Crippen molar-refractivity contribution in [3.63, 3.8) is 0 Å². The zero-order valence-corrected chi connectivity index (χ0v) is 10.8. The van der Waals surface area contributed by atoms with Crippen LogP contribution in [0, 0.1) is 0 Å². The molecule has 98 valence electrons. The summed E-state index contributed by atoms with van der Waals surface area (Å²) in [6.07, 6.45) is 3.05. The summed E-state index contributed by atoms with van der Waals surface area (Å²) in [5.41, 5.74) is 7.05. The molecule has 1 aliphatic rings. The van der Waals surface area contributed by atoms with Crippen LogP contribution in [0.2, 0.25) is 0 Å². The molecule has 3 rings (SSSR count). The van der Waals surface area contributed by atoms with Crippen molar-refractivity contribution in [3.8, 4) is 0 Å². The highest BCUT2D eigenvalue weighted by Crippen LogP contribution is 2.23. The molecule has 0 amide bonds. The molecule has 1 atom stereocenters. The van der Waals surface area contributed by atoms with Gasteiger partial charge in [-0.2, -0.15) is 0 Å². The molecule has 0 fully saturated rings. The number of nitrogens with zero attached hydrogens (tertiary/aromatic N) is 2. The molecule has 0 spiro atoms. The zero-order chi connectivity index (χ0) is 13.5. The van der Waals surface area contributed by atoms with Gasteiger partial charge in [-0.3, -0.25) is 0 Å². The molecule has 1 aromatic carbocycles. The lowest BCUT2D eigenvalue weighted by Crippen LogP contribution is -2.21. The Bertz CT molecular complexity index is 770. The highest BCUT2D eigenvalue weighted by molar-refractivity contribution is 7.94. The first-order valence-corrected chi connectivity index (χ1v) is 7.43. The quantitative estimate of drug-likeness (QED) is 0.792. The van der Waals surface area contributed by atoms with Gasteiger partial charge in [0.2, 0.25) is 0 Å². The minimum atomic E-state index is -3.08. The Morgan fingerprint density at radius 1 is 1.32 bits per heavy atom. The third-order valence-corrected chi connectivity index (χ3v) is 4.31. The normalized spacial score (nSPS) is 20.7. The second-order valence-electron chi connectivity index (χ2n) is 4.41. The monoisotopic (exact) mass is 276 g/mol. The smallest absolute Gasteiger partial charge is 0.173 e. The minimum Gasteiger partial charge on any atom is -0.399 e. The summed E-state index contributed by atoms with van der Waals surface area (Å²) >= 11 is 0. The lowest BCUT2D eigenvalue weighted by Gasteiger charge is -2.12. The van der Waals surface area contributed by atoms with Crippen molar-refractivity contribution in [2.45, 2.75) is 6.04 Å². The molecule has 0 saturated carbocycles. The molecular formula is C12H12N4O2S. The fourth-order valence-electron chi connectivity index (χ4n) is 2.03. The van der Waals surface area contributed by atoms with Crippen LogP contribution in [0.15, 0.2) is 36.0 Å². The van der Waals surface area contributed by atoms with Gasteiger partial charge in [0.1, 0.15) is 12.1 Å². The topological polar surface area (TPSA) is 98.0 Å². The van der Waals surface area contributed by atoms with Gasteiger partial charge in [0.25, 0.3) is 0 Å². The lowest BCUT2D eigenvalue weighted by atomic mass is 10.2. The van der Waals surface area contributed by atoms with Crippen LogP contribution in [0.1, 0.15) is 0 Å². The number of rotatable bonds is 2. The maximum atomic E-state index is 11.4. The summed E-state index contributed by atoms with van der Waals surface area (Å²) in [6.45, 7) is 0. The van der Waals surface area contributed by atoms with Crippen molar-refractivity contribution in [3.05, 3.63) is 36.0 Å². The predicted molar refractivity (Wildman–Crippen MR) is 74.3 cm³/mol. The molecule has 0 bridgehead atoms. The summed E-state index contributed by atoms with van der Waals surface area (Å²) < 4.78 is 22.7. The van der Waals surface area contributed by atoms with Crippen LogP contribution in [0.5, 0.6) is 0 Å². The number of anilines is 2. The van der Waals surface area contributed by atoms with Gasteiger partial charge in [0, 0.05) is 16.5 Å². The Hall–Kier alpha value is -2.15. The highest BCUT2D eigenvalue weighted by atomic mass is 32.2. The van der Waals surface area contributed by atoms with E-state index >= 15 is 0 Å². The van der Waals surface area contributed by atoms with Crippen LogP contribution in [-0.2, 0) is 9.84 Å². The number of aromatic nitrogens is 2. The van der Waals surface area contributed by atoms with Gasteiger partial charge in [-0.25, -0.2) is 18.4 Å². The Kier molecular flexibility index (Phi) is 2.63. The average Bonchev–Trinajstić information content (AvgIpc) is 2.68. The van der Waals surface area contributed by atoms with Crippen LogP contribution in [0.4, 0.5) is 11.5 Å². The Morgan fingerprint density at radius 2 is 2.16 bits per heavy atom. The van der Waals surface area contributed by atoms with E-state index in [1.54, 1.807) is 18.2 Å². The van der Waals surface area contributed by atoms with E-state index in [0.29, 0.717) is 11.5 Å². The maximum absolute atomic E-state index is 11.4. The number of benzene rings is 1. The Labute approximate surface area is 110 Å². The van der Waals surface area contributed by atoms with Crippen molar-refractivity contribution >= 4 is 32.2 Å². The molecule has 2 heterocycles. The number of fused-ring (bicyclic) bond motifs is 1. The number of nitrogens with one attached hydrogen (secondary N) is 1. The molecule has 2 aromatic rings. The summed E-state index contributed by atoms with van der Waals surface area (Å²) in [4.78, 5) is 8.29. The van der Waals surface area contributed by atoms with Crippen LogP contribution < -0.4 is 11.1 Å². The largest absolute Gasteiger partial charge is 0.399 e. The van der Waals surface area contributed by atoms with Crippen LogP contribution in [-0.4, -0.2) is 30.2 Å². The van der Waals surface area contributed by atoms with E-state index in [9.17, 15) is 8.42 Å². The maximum Gasteiger partial charge on any atom is 0.173 e. The third kappa shape index (κ3) is 2.37. The van der Waals surface area contributed by atoms with Crippen LogP contribution in [0.25, 0.3) is 10.9 Å². The van der Waals surface area contributed by atoms with Crippen molar-refractivity contribution in [2.75, 3.05) is 16.8 Å². The number of sulfone groups is 1. The first-order chi connectivity index (χ1) is 9.03. The fourth-order valence-corrected chi connectivity index (χ4v) is 3.27. The molecule has 1 unspecified atom stereocenters. The molecule has 0 aliphatic carbocycles. The van der Waals surface area contributed by atoms with Gasteiger partial charge in [0.05, 0.1) is 17.3 Å². The van der Waals surface area contributed by atoms with Gasteiger partial charge in [-0.1, -0.05) is 0 Å². The molecule has 0 radical (unpaired) electrons. The second-order valence-corrected chi connectivity index (χ2v) is 6.34. The van der Waals surface area contributed by atoms with E-state index in [1.165, 1.54) is 11.7 Å². The highest BCUT2D eigenvalue weighted by Gasteiger charge is 2.22. The van der Waals surface area contributed by atoms with Gasteiger partial charge >= 0.3 is 0 Å². The molecule has 0 saturated heterocycles. The van der Waals surface area contributed by atoms with Crippen LogP contribution >= 0.6 is 0 Å². The molecule has 7 heteroatoms. The number of hydrogen-bond acceptors (Lipinski definition) is 6. The van der Waals surface area contributed by atoms with Gasteiger partial charge < -0.3 is 11.1 Å². The first kappa shape index (κ1) is 11.9. The number of nitrogens with two attached hydrogens (primary N) is 1. The van der Waals surface area contributed by atoms with E-state index < -0.39 is 9.84 Å². The number of nitrogen functional groups attached to an aromatic ring is 1. The van der Waals surface area contributed by atoms with Crippen molar-refractivity contribution in [1.82, 2.24) is 9.97 Å². The average molecular weight is 276 g/mol. The van der Waals surface area contributed by atoms with E-state index in [1.807, 2.05) is 6.07 Å². The van der Waals surface area contributed by atoms with Crippen LogP contribution in [0.3, 0.4) is 0 Å². The predicted octanol–water partition coefficient (Wildman–Crippen LogP) is 0.935. The molecule has 6 nitrogen and oxygen atoms in total. The zero-order valence-electron chi connectivity index (χ0n) is 9.95. The molecule has 1 aromatic heterocycles. The van der Waals surface area contributed by atoms with Gasteiger partial charge in [-0.05, 0) is 24.3 Å². The molecule has 1 aliphatic heterocycles. The Balaban J connectivity index is 1.96. The standard InChI is InChI=1S/C12H12N4O2S/c13-8-1-2-10-11(5-8)14-7-15-12(10)16-9-3-4-19(17,18)6-9/h1-5,7,9H,6,13H2,(H,14,15,16). The van der Waals surface area contributed by atoms with Gasteiger partial charge in [0.15, 0.2) is 9.84 Å². The molecule has 3 N–H and O–H groups in total. The summed E-state index contributed by atoms with van der Waals surface area (Å²) in [6, 6.07) is 5.07. The summed E-state index contributed by atoms with van der Waals surface area (Å²) in [7, 11) is -3.08. The summed E-state index contributed by atoms with van der Waals surface area (Å²) in [5, 5.41) is 5.14. The van der Waals surface area contributed by atoms with E-state index in [2.05, 4.69) is 15.3 Å². The van der Waals surface area contributed by atoms with Gasteiger partial charge in [-0.15, -0.1) is 0 Å². The fraction of sp³-hybridized carbons (Fsp3) is 0.167. The first-order valence-electron chi connectivity index (χ1n) is 5.71. The second kappa shape index (κ2) is 4.20. The lowest BCUT2D eigenvalue weighted by molar-refractivity contribution is 0.605.